The minimum Gasteiger partial charge on any atom is -0.477 e. The van der Waals surface area contributed by atoms with E-state index in [1.165, 1.54) is 0 Å². The lowest BCUT2D eigenvalue weighted by molar-refractivity contribution is 0.0703. The minimum absolute atomic E-state index is 0.0000129. The molecule has 6 nitrogen and oxygen atoms in total. The number of carboxylic acids is 1. The highest BCUT2D eigenvalue weighted by atomic mass is 32.2. The van der Waals surface area contributed by atoms with Crippen molar-refractivity contribution in [1.29, 1.82) is 0 Å². The molecule has 112 valence electrons. The van der Waals surface area contributed by atoms with Gasteiger partial charge in [-0.05, 0) is 42.0 Å². The Morgan fingerprint density at radius 2 is 2.05 bits per heavy atom. The molecule has 0 saturated carbocycles. The van der Waals surface area contributed by atoms with Crippen molar-refractivity contribution in [2.75, 3.05) is 10.5 Å². The van der Waals surface area contributed by atoms with E-state index in [2.05, 4.69) is 9.71 Å². The zero-order valence-electron chi connectivity index (χ0n) is 11.2. The summed E-state index contributed by atoms with van der Waals surface area (Å²) in [6.45, 7) is 1.67. The molecule has 8 heteroatoms. The van der Waals surface area contributed by atoms with Gasteiger partial charge >= 0.3 is 5.97 Å². The molecule has 0 amide bonds. The highest BCUT2D eigenvalue weighted by Crippen LogP contribution is 2.28. The molecule has 0 aromatic carbocycles. The molecule has 0 bridgehead atoms. The van der Waals surface area contributed by atoms with Crippen LogP contribution >= 0.6 is 11.3 Å². The van der Waals surface area contributed by atoms with Gasteiger partial charge in [0.25, 0.3) is 0 Å². The van der Waals surface area contributed by atoms with E-state index < -0.39 is 16.0 Å². The first-order chi connectivity index (χ1) is 9.89. The van der Waals surface area contributed by atoms with Crippen molar-refractivity contribution < 1.29 is 18.3 Å². The molecule has 0 aliphatic rings. The zero-order valence-corrected chi connectivity index (χ0v) is 12.9. The van der Waals surface area contributed by atoms with Crippen LogP contribution in [-0.4, -0.2) is 30.2 Å². The number of aromatic nitrogens is 1. The third kappa shape index (κ3) is 4.02. The number of nitrogens with one attached hydrogen (secondary N) is 1. The van der Waals surface area contributed by atoms with E-state index in [0.717, 1.165) is 16.9 Å². The standard InChI is InChI=1S/C13H14N2O4S2/c1-9-8-20-12(13(16)17)11(9)15-21(18,19)7-4-10-2-5-14-6-3-10/h2-3,5-6,8,15H,4,7H2,1H3,(H,16,17). The molecule has 0 radical (unpaired) electrons. The second-order valence-electron chi connectivity index (χ2n) is 4.45. The quantitative estimate of drug-likeness (QED) is 0.847. The lowest BCUT2D eigenvalue weighted by Crippen LogP contribution is -2.19. The van der Waals surface area contributed by atoms with Crippen molar-refractivity contribution in [1.82, 2.24) is 4.98 Å². The molecule has 2 N–H and O–H groups in total. The average Bonchev–Trinajstić information content (AvgIpc) is 2.79. The summed E-state index contributed by atoms with van der Waals surface area (Å²) in [5.74, 6) is -1.26. The van der Waals surface area contributed by atoms with Gasteiger partial charge in [0.1, 0.15) is 4.88 Å². The molecular formula is C13H14N2O4S2. The number of sulfonamides is 1. The third-order valence-corrected chi connectivity index (χ3v) is 5.18. The number of hydrogen-bond acceptors (Lipinski definition) is 5. The number of nitrogens with zero attached hydrogens (tertiary/aromatic N) is 1. The molecule has 2 aromatic rings. The Kier molecular flexibility index (Phi) is 4.59. The maximum Gasteiger partial charge on any atom is 0.348 e. The molecule has 0 aliphatic carbocycles. The first-order valence-electron chi connectivity index (χ1n) is 6.10. The molecule has 0 atom stereocenters. The van der Waals surface area contributed by atoms with Crippen LogP contribution in [0.1, 0.15) is 20.8 Å². The molecule has 0 aliphatic heterocycles. The fourth-order valence-electron chi connectivity index (χ4n) is 1.74. The van der Waals surface area contributed by atoms with Gasteiger partial charge in [0.15, 0.2) is 0 Å². The Hall–Kier alpha value is -1.93. The largest absolute Gasteiger partial charge is 0.477 e. The molecule has 2 heterocycles. The molecular weight excluding hydrogens is 312 g/mol. The van der Waals surface area contributed by atoms with E-state index in [0.29, 0.717) is 12.0 Å². The maximum absolute atomic E-state index is 12.1. The van der Waals surface area contributed by atoms with Crippen LogP contribution in [0.5, 0.6) is 0 Å². The fraction of sp³-hybridized carbons (Fsp3) is 0.231. The topological polar surface area (TPSA) is 96.4 Å². The molecule has 2 aromatic heterocycles. The minimum atomic E-state index is -3.61. The van der Waals surface area contributed by atoms with Crippen molar-refractivity contribution in [3.63, 3.8) is 0 Å². The Balaban J connectivity index is 2.11. The number of pyridine rings is 1. The lowest BCUT2D eigenvalue weighted by Gasteiger charge is -2.09. The second-order valence-corrected chi connectivity index (χ2v) is 7.18. The fourth-order valence-corrected chi connectivity index (χ4v) is 3.82. The van der Waals surface area contributed by atoms with Gasteiger partial charge in [-0.2, -0.15) is 0 Å². The SMILES string of the molecule is Cc1csc(C(=O)O)c1NS(=O)(=O)CCc1ccncc1. The smallest absolute Gasteiger partial charge is 0.348 e. The maximum atomic E-state index is 12.1. The molecule has 0 fully saturated rings. The van der Waals surface area contributed by atoms with Crippen LogP contribution in [0.25, 0.3) is 0 Å². The number of hydrogen-bond donors (Lipinski definition) is 2. The molecule has 0 saturated heterocycles. The summed E-state index contributed by atoms with van der Waals surface area (Å²) in [6.07, 6.45) is 3.53. The summed E-state index contributed by atoms with van der Waals surface area (Å²) in [7, 11) is -3.61. The van der Waals surface area contributed by atoms with E-state index >= 15 is 0 Å². The van der Waals surface area contributed by atoms with Crippen LogP contribution in [0, 0.1) is 6.92 Å². The number of carbonyl (C=O) groups is 1. The Morgan fingerprint density at radius 3 is 2.67 bits per heavy atom. The van der Waals surface area contributed by atoms with Gasteiger partial charge in [0.05, 0.1) is 11.4 Å². The van der Waals surface area contributed by atoms with Crippen LogP contribution in [0.4, 0.5) is 5.69 Å². The highest BCUT2D eigenvalue weighted by Gasteiger charge is 2.20. The van der Waals surface area contributed by atoms with Crippen molar-refractivity contribution >= 4 is 33.0 Å². The van der Waals surface area contributed by atoms with E-state index in [1.807, 2.05) is 0 Å². The van der Waals surface area contributed by atoms with E-state index in [1.54, 1.807) is 36.8 Å². The van der Waals surface area contributed by atoms with Gasteiger partial charge in [-0.25, -0.2) is 13.2 Å². The molecule has 21 heavy (non-hydrogen) atoms. The van der Waals surface area contributed by atoms with Gasteiger partial charge in [-0.15, -0.1) is 11.3 Å². The summed E-state index contributed by atoms with van der Waals surface area (Å²) >= 11 is 1.00. The summed E-state index contributed by atoms with van der Waals surface area (Å²) in [6, 6.07) is 3.49. The van der Waals surface area contributed by atoms with E-state index in [9.17, 15) is 13.2 Å². The van der Waals surface area contributed by atoms with Crippen LogP contribution < -0.4 is 4.72 Å². The monoisotopic (exact) mass is 326 g/mol. The summed E-state index contributed by atoms with van der Waals surface area (Å²) < 4.78 is 26.5. The number of thiophene rings is 1. The normalized spacial score (nSPS) is 11.3. The van der Waals surface area contributed by atoms with Crippen molar-refractivity contribution in [2.24, 2.45) is 0 Å². The summed E-state index contributed by atoms with van der Waals surface area (Å²) in [5, 5.41) is 10.7. The predicted octanol–water partition coefficient (Wildman–Crippen LogP) is 2.13. The van der Waals surface area contributed by atoms with E-state index in [-0.39, 0.29) is 16.3 Å². The van der Waals surface area contributed by atoms with Gasteiger partial charge in [-0.3, -0.25) is 9.71 Å². The van der Waals surface area contributed by atoms with Gasteiger partial charge in [-0.1, -0.05) is 0 Å². The number of rotatable bonds is 6. The number of anilines is 1. The first kappa shape index (κ1) is 15.5. The summed E-state index contributed by atoms with van der Waals surface area (Å²) in [5.41, 5.74) is 1.61. The summed E-state index contributed by atoms with van der Waals surface area (Å²) in [4.78, 5) is 14.9. The number of aromatic carboxylic acids is 1. The Labute approximate surface area is 126 Å². The highest BCUT2D eigenvalue weighted by molar-refractivity contribution is 7.92. The Bertz CT molecular complexity index is 739. The van der Waals surface area contributed by atoms with Crippen LogP contribution in [-0.2, 0) is 16.4 Å². The predicted molar refractivity (Wildman–Crippen MR) is 81.4 cm³/mol. The first-order valence-corrected chi connectivity index (χ1v) is 8.63. The molecule has 0 spiro atoms. The third-order valence-electron chi connectivity index (χ3n) is 2.84. The van der Waals surface area contributed by atoms with E-state index in [4.69, 9.17) is 5.11 Å². The Morgan fingerprint density at radius 1 is 1.38 bits per heavy atom. The van der Waals surface area contributed by atoms with Crippen molar-refractivity contribution in [3.8, 4) is 0 Å². The van der Waals surface area contributed by atoms with Gasteiger partial charge < -0.3 is 5.11 Å². The number of aryl methyl sites for hydroxylation is 2. The van der Waals surface area contributed by atoms with Crippen LogP contribution in [0.15, 0.2) is 29.9 Å². The molecule has 0 unspecified atom stereocenters. The van der Waals surface area contributed by atoms with Gasteiger partial charge in [0, 0.05) is 12.4 Å². The van der Waals surface area contributed by atoms with Crippen molar-refractivity contribution in [2.45, 2.75) is 13.3 Å². The zero-order chi connectivity index (χ0) is 15.5. The average molecular weight is 326 g/mol. The van der Waals surface area contributed by atoms with Crippen molar-refractivity contribution in [3.05, 3.63) is 45.9 Å². The lowest BCUT2D eigenvalue weighted by atomic mass is 10.2. The number of carboxylic acid groups (broad SMARTS) is 1. The second kappa shape index (κ2) is 6.23. The van der Waals surface area contributed by atoms with Crippen LogP contribution in [0.2, 0.25) is 0 Å². The van der Waals surface area contributed by atoms with Crippen LogP contribution in [0.3, 0.4) is 0 Å². The van der Waals surface area contributed by atoms with Gasteiger partial charge in [0.2, 0.25) is 10.0 Å². The molecule has 2 rings (SSSR count).